The Morgan fingerprint density at radius 1 is 1.11 bits per heavy atom. The van der Waals surface area contributed by atoms with Gasteiger partial charge < -0.3 is 9.64 Å². The average Bonchev–Trinajstić information content (AvgIpc) is 2.29. The molecular formula is C12H21NO4S. The van der Waals surface area contributed by atoms with Gasteiger partial charge >= 0.3 is 6.09 Å². The van der Waals surface area contributed by atoms with E-state index in [-0.39, 0.29) is 36.3 Å². The third kappa shape index (κ3) is 3.37. The third-order valence-electron chi connectivity index (χ3n) is 3.85. The molecule has 0 atom stereocenters. The lowest BCUT2D eigenvalue weighted by molar-refractivity contribution is -0.0197. The topological polar surface area (TPSA) is 63.7 Å². The van der Waals surface area contributed by atoms with Crippen molar-refractivity contribution in [3.8, 4) is 0 Å². The second-order valence-electron chi connectivity index (χ2n) is 5.52. The molecule has 1 amide bonds. The van der Waals surface area contributed by atoms with Crippen molar-refractivity contribution in [1.29, 1.82) is 0 Å². The average molecular weight is 275 g/mol. The Hall–Kier alpha value is -0.780. The molecule has 0 spiro atoms. The number of carbonyl (C=O) groups is 1. The van der Waals surface area contributed by atoms with Crippen LogP contribution in [0.4, 0.5) is 4.79 Å². The van der Waals surface area contributed by atoms with Crippen LogP contribution in [0.1, 0.15) is 39.0 Å². The minimum atomic E-state index is -2.95. The van der Waals surface area contributed by atoms with Crippen molar-refractivity contribution < 1.29 is 17.9 Å². The summed E-state index contributed by atoms with van der Waals surface area (Å²) in [5, 5.41) is 0. The van der Waals surface area contributed by atoms with Crippen LogP contribution in [0.15, 0.2) is 0 Å². The molecule has 0 aromatic rings. The number of rotatable bonds is 1. The zero-order valence-electron chi connectivity index (χ0n) is 10.9. The normalized spacial score (nSPS) is 26.6. The fraction of sp³-hybridized carbons (Fsp3) is 0.917. The van der Waals surface area contributed by atoms with E-state index in [1.54, 1.807) is 0 Å². The van der Waals surface area contributed by atoms with Crippen molar-refractivity contribution in [2.45, 2.75) is 44.6 Å². The van der Waals surface area contributed by atoms with Crippen molar-refractivity contribution in [3.05, 3.63) is 0 Å². The van der Waals surface area contributed by atoms with Gasteiger partial charge in [0.25, 0.3) is 0 Å². The summed E-state index contributed by atoms with van der Waals surface area (Å²) in [5.41, 5.74) is -0.356. The molecule has 1 heterocycles. The molecule has 1 saturated carbocycles. The van der Waals surface area contributed by atoms with E-state index in [0.717, 1.165) is 25.7 Å². The Labute approximate surface area is 108 Å². The van der Waals surface area contributed by atoms with E-state index in [4.69, 9.17) is 4.74 Å². The first-order valence-corrected chi connectivity index (χ1v) is 8.41. The first-order valence-electron chi connectivity index (χ1n) is 6.59. The van der Waals surface area contributed by atoms with Crippen molar-refractivity contribution in [2.24, 2.45) is 0 Å². The monoisotopic (exact) mass is 275 g/mol. The summed E-state index contributed by atoms with van der Waals surface area (Å²) in [4.78, 5) is 13.5. The fourth-order valence-corrected chi connectivity index (χ4v) is 3.77. The van der Waals surface area contributed by atoms with Gasteiger partial charge in [-0.25, -0.2) is 13.2 Å². The minimum Gasteiger partial charge on any atom is -0.443 e. The number of hydrogen-bond acceptors (Lipinski definition) is 4. The van der Waals surface area contributed by atoms with Crippen LogP contribution in [0.25, 0.3) is 0 Å². The van der Waals surface area contributed by atoms with Crippen LogP contribution >= 0.6 is 0 Å². The molecule has 0 aromatic carbocycles. The fourth-order valence-electron chi connectivity index (χ4n) is 2.57. The van der Waals surface area contributed by atoms with E-state index in [2.05, 4.69) is 0 Å². The van der Waals surface area contributed by atoms with E-state index in [9.17, 15) is 13.2 Å². The van der Waals surface area contributed by atoms with Gasteiger partial charge in [-0.2, -0.15) is 0 Å². The van der Waals surface area contributed by atoms with E-state index in [1.165, 1.54) is 11.3 Å². The molecule has 5 nitrogen and oxygen atoms in total. The molecule has 0 N–H and O–H groups in total. The molecule has 0 radical (unpaired) electrons. The van der Waals surface area contributed by atoms with Gasteiger partial charge in [-0.1, -0.05) is 6.42 Å². The molecule has 1 aliphatic carbocycles. The maximum absolute atomic E-state index is 12.0. The summed E-state index contributed by atoms with van der Waals surface area (Å²) in [6, 6.07) is 0. The highest BCUT2D eigenvalue weighted by molar-refractivity contribution is 7.91. The van der Waals surface area contributed by atoms with Crippen LogP contribution < -0.4 is 0 Å². The van der Waals surface area contributed by atoms with Gasteiger partial charge in [0.2, 0.25) is 0 Å². The van der Waals surface area contributed by atoms with Gasteiger partial charge in [0, 0.05) is 13.1 Å². The number of carbonyl (C=O) groups excluding carboxylic acids is 1. The summed E-state index contributed by atoms with van der Waals surface area (Å²) < 4.78 is 28.2. The first kappa shape index (κ1) is 13.6. The largest absolute Gasteiger partial charge is 0.443 e. The number of amides is 1. The van der Waals surface area contributed by atoms with Crippen molar-refractivity contribution >= 4 is 15.9 Å². The van der Waals surface area contributed by atoms with E-state index >= 15 is 0 Å². The molecule has 1 saturated heterocycles. The van der Waals surface area contributed by atoms with Crippen molar-refractivity contribution in [2.75, 3.05) is 24.6 Å². The number of hydrogen-bond donors (Lipinski definition) is 0. The zero-order valence-corrected chi connectivity index (χ0v) is 11.7. The lowest BCUT2D eigenvalue weighted by Crippen LogP contribution is -2.47. The first-order chi connectivity index (χ1) is 8.40. The predicted octanol–water partition coefficient (Wildman–Crippen LogP) is 1.58. The SMILES string of the molecule is CC1(OC(=O)N2CCS(=O)(=O)CC2)CCCCC1. The molecule has 0 unspecified atom stereocenters. The maximum atomic E-state index is 12.0. The molecule has 104 valence electrons. The minimum absolute atomic E-state index is 0.0544. The molecule has 1 aliphatic heterocycles. The standard InChI is InChI=1S/C12H21NO4S/c1-12(5-3-2-4-6-12)17-11(14)13-7-9-18(15,16)10-8-13/h2-10H2,1H3. The van der Waals surface area contributed by atoms with Gasteiger partial charge in [-0.15, -0.1) is 0 Å². The zero-order chi connectivity index (χ0) is 13.2. The summed E-state index contributed by atoms with van der Waals surface area (Å²) in [5.74, 6) is 0.109. The van der Waals surface area contributed by atoms with E-state index in [1.807, 2.05) is 6.92 Å². The highest BCUT2D eigenvalue weighted by atomic mass is 32.2. The lowest BCUT2D eigenvalue weighted by atomic mass is 9.86. The third-order valence-corrected chi connectivity index (χ3v) is 5.46. The van der Waals surface area contributed by atoms with Crippen LogP contribution in [0, 0.1) is 0 Å². The molecule has 2 aliphatic rings. The van der Waals surface area contributed by atoms with E-state index in [0.29, 0.717) is 0 Å². The number of nitrogens with zero attached hydrogens (tertiary/aromatic N) is 1. The number of ether oxygens (including phenoxy) is 1. The molecule has 6 heteroatoms. The predicted molar refractivity (Wildman–Crippen MR) is 68.2 cm³/mol. The van der Waals surface area contributed by atoms with Crippen LogP contribution in [0.2, 0.25) is 0 Å². The molecule has 0 bridgehead atoms. The second kappa shape index (κ2) is 5.07. The lowest BCUT2D eigenvalue weighted by Gasteiger charge is -2.36. The Kier molecular flexibility index (Phi) is 3.84. The Balaban J connectivity index is 1.88. The summed E-state index contributed by atoms with van der Waals surface area (Å²) >= 11 is 0. The van der Waals surface area contributed by atoms with Gasteiger partial charge in [0.1, 0.15) is 5.60 Å². The number of sulfone groups is 1. The van der Waals surface area contributed by atoms with Gasteiger partial charge in [-0.05, 0) is 32.6 Å². The van der Waals surface area contributed by atoms with Crippen LogP contribution in [0.3, 0.4) is 0 Å². The smallest absolute Gasteiger partial charge is 0.410 e. The van der Waals surface area contributed by atoms with Crippen LogP contribution in [-0.4, -0.2) is 49.6 Å². The highest BCUT2D eigenvalue weighted by Crippen LogP contribution is 2.31. The molecule has 0 aromatic heterocycles. The molecular weight excluding hydrogens is 254 g/mol. The van der Waals surface area contributed by atoms with Gasteiger partial charge in [0.05, 0.1) is 11.5 Å². The van der Waals surface area contributed by atoms with Gasteiger partial charge in [0.15, 0.2) is 9.84 Å². The highest BCUT2D eigenvalue weighted by Gasteiger charge is 2.34. The molecule has 2 rings (SSSR count). The van der Waals surface area contributed by atoms with Gasteiger partial charge in [-0.3, -0.25) is 0 Å². The van der Waals surface area contributed by atoms with Crippen LogP contribution in [-0.2, 0) is 14.6 Å². The maximum Gasteiger partial charge on any atom is 0.410 e. The quantitative estimate of drug-likeness (QED) is 0.729. The van der Waals surface area contributed by atoms with Crippen molar-refractivity contribution in [3.63, 3.8) is 0 Å². The van der Waals surface area contributed by atoms with Crippen LogP contribution in [0.5, 0.6) is 0 Å². The Morgan fingerprint density at radius 3 is 2.22 bits per heavy atom. The summed E-state index contributed by atoms with van der Waals surface area (Å²) in [6.45, 7) is 2.50. The molecule has 18 heavy (non-hydrogen) atoms. The Bertz CT molecular complexity index is 398. The second-order valence-corrected chi connectivity index (χ2v) is 7.82. The van der Waals surface area contributed by atoms with Crippen molar-refractivity contribution in [1.82, 2.24) is 4.90 Å². The summed E-state index contributed by atoms with van der Waals surface area (Å²) in [7, 11) is -2.95. The Morgan fingerprint density at radius 2 is 1.67 bits per heavy atom. The molecule has 2 fully saturated rings. The summed E-state index contributed by atoms with van der Waals surface area (Å²) in [6.07, 6.45) is 4.86. The van der Waals surface area contributed by atoms with E-state index < -0.39 is 9.84 Å².